The zero-order valence-corrected chi connectivity index (χ0v) is 6.86. The number of rotatable bonds is 1. The van der Waals surface area contributed by atoms with E-state index in [4.69, 9.17) is 0 Å². The number of aliphatic hydroxyl groups excluding tert-OH is 1. The molecule has 66 valence electrons. The summed E-state index contributed by atoms with van der Waals surface area (Å²) in [6.45, 7) is 1.86. The van der Waals surface area contributed by atoms with Crippen LogP contribution in [0.4, 0.5) is 0 Å². The maximum Gasteiger partial charge on any atom is 0.231 e. The number of carbonyl (C=O) groups excluding carboxylic acids is 2. The summed E-state index contributed by atoms with van der Waals surface area (Å²) >= 11 is 0. The molecule has 0 aliphatic carbocycles. The summed E-state index contributed by atoms with van der Waals surface area (Å²) in [6, 6.07) is -0.00926. The van der Waals surface area contributed by atoms with E-state index < -0.39 is 6.10 Å². The summed E-state index contributed by atoms with van der Waals surface area (Å²) in [6.07, 6.45) is -0.189. The second kappa shape index (κ2) is 2.29. The van der Waals surface area contributed by atoms with Gasteiger partial charge >= 0.3 is 0 Å². The molecule has 1 N–H and O–H groups in total. The molecule has 12 heavy (non-hydrogen) atoms. The van der Waals surface area contributed by atoms with E-state index in [-0.39, 0.29) is 30.2 Å². The first kappa shape index (κ1) is 7.73. The predicted molar refractivity (Wildman–Crippen MR) is 40.3 cm³/mol. The van der Waals surface area contributed by atoms with E-state index in [9.17, 15) is 14.7 Å². The van der Waals surface area contributed by atoms with E-state index in [0.29, 0.717) is 6.42 Å². The Hall–Kier alpha value is -0.900. The summed E-state index contributed by atoms with van der Waals surface area (Å²) < 4.78 is 0. The molecule has 2 rings (SSSR count). The van der Waals surface area contributed by atoms with Crippen molar-refractivity contribution in [1.29, 1.82) is 0 Å². The van der Waals surface area contributed by atoms with Crippen LogP contribution < -0.4 is 0 Å². The first-order chi connectivity index (χ1) is 5.61. The van der Waals surface area contributed by atoms with Crippen molar-refractivity contribution in [2.45, 2.75) is 25.5 Å². The Labute approximate surface area is 70.2 Å². The highest BCUT2D eigenvalue weighted by Gasteiger charge is 2.54. The largest absolute Gasteiger partial charge is 0.393 e. The Balaban J connectivity index is 2.13. The highest BCUT2D eigenvalue weighted by molar-refractivity contribution is 5.97. The fraction of sp³-hybridized carbons (Fsp3) is 0.750. The summed E-state index contributed by atoms with van der Waals surface area (Å²) in [5, 5.41) is 9.22. The van der Waals surface area contributed by atoms with Crippen LogP contribution in [0.15, 0.2) is 0 Å². The van der Waals surface area contributed by atoms with Crippen molar-refractivity contribution in [2.75, 3.05) is 6.54 Å². The molecule has 0 aromatic rings. The molecule has 2 fully saturated rings. The van der Waals surface area contributed by atoms with Gasteiger partial charge in [0.05, 0.1) is 24.6 Å². The fourth-order valence-electron chi connectivity index (χ4n) is 2.08. The molecule has 4 nitrogen and oxygen atoms in total. The van der Waals surface area contributed by atoms with Gasteiger partial charge in [-0.15, -0.1) is 0 Å². The quantitative estimate of drug-likeness (QED) is 0.521. The van der Waals surface area contributed by atoms with Crippen molar-refractivity contribution in [3.8, 4) is 0 Å². The summed E-state index contributed by atoms with van der Waals surface area (Å²) in [4.78, 5) is 23.7. The van der Waals surface area contributed by atoms with Gasteiger partial charge in [-0.05, 0) is 6.92 Å². The lowest BCUT2D eigenvalue weighted by Gasteiger charge is -2.43. The van der Waals surface area contributed by atoms with Crippen LogP contribution in [0.25, 0.3) is 0 Å². The van der Waals surface area contributed by atoms with Gasteiger partial charge in [0.2, 0.25) is 5.91 Å². The molecule has 1 amide bonds. The molecule has 3 atom stereocenters. The lowest BCUT2D eigenvalue weighted by Crippen LogP contribution is -2.60. The van der Waals surface area contributed by atoms with Gasteiger partial charge in [0.15, 0.2) is 5.78 Å². The summed E-state index contributed by atoms with van der Waals surface area (Å²) in [5.74, 6) is -0.284. The van der Waals surface area contributed by atoms with Crippen molar-refractivity contribution in [1.82, 2.24) is 4.90 Å². The third-order valence-electron chi connectivity index (χ3n) is 2.69. The van der Waals surface area contributed by atoms with Crippen LogP contribution in [0.1, 0.15) is 13.3 Å². The van der Waals surface area contributed by atoms with E-state index in [2.05, 4.69) is 0 Å². The summed E-state index contributed by atoms with van der Waals surface area (Å²) in [7, 11) is 0. The molecule has 0 spiro atoms. The minimum Gasteiger partial charge on any atom is -0.393 e. The molecule has 0 saturated carbocycles. The number of aliphatic hydroxyl groups is 1. The van der Waals surface area contributed by atoms with Gasteiger partial charge < -0.3 is 10.0 Å². The molecule has 2 aliphatic rings. The second-order valence-corrected chi connectivity index (χ2v) is 3.54. The molecule has 2 aliphatic heterocycles. The van der Waals surface area contributed by atoms with Crippen LogP contribution in [-0.4, -0.2) is 40.4 Å². The molecule has 2 saturated heterocycles. The zero-order valence-electron chi connectivity index (χ0n) is 6.86. The van der Waals surface area contributed by atoms with E-state index in [0.717, 1.165) is 0 Å². The Morgan fingerprint density at radius 1 is 1.58 bits per heavy atom. The number of fused-ring (bicyclic) bond motifs is 1. The Kier molecular flexibility index (Phi) is 1.48. The number of amides is 1. The van der Waals surface area contributed by atoms with E-state index in [1.807, 2.05) is 0 Å². The first-order valence-electron chi connectivity index (χ1n) is 4.11. The van der Waals surface area contributed by atoms with E-state index in [1.165, 1.54) is 0 Å². The third-order valence-corrected chi connectivity index (χ3v) is 2.69. The van der Waals surface area contributed by atoms with Crippen LogP contribution in [0, 0.1) is 5.92 Å². The lowest BCUT2D eigenvalue weighted by atomic mass is 9.84. The van der Waals surface area contributed by atoms with Gasteiger partial charge in [0.1, 0.15) is 0 Å². The fourth-order valence-corrected chi connectivity index (χ4v) is 2.08. The normalized spacial score (nSPS) is 36.3. The number of carbonyl (C=O) groups is 2. The van der Waals surface area contributed by atoms with Crippen LogP contribution in [0.3, 0.4) is 0 Å². The number of hydrogen-bond acceptors (Lipinski definition) is 3. The van der Waals surface area contributed by atoms with Crippen molar-refractivity contribution < 1.29 is 14.7 Å². The Morgan fingerprint density at radius 3 is 2.83 bits per heavy atom. The molecule has 4 heteroatoms. The van der Waals surface area contributed by atoms with E-state index >= 15 is 0 Å². The topological polar surface area (TPSA) is 57.6 Å². The molecule has 0 unspecified atom stereocenters. The van der Waals surface area contributed by atoms with Crippen LogP contribution in [0.5, 0.6) is 0 Å². The number of β-lactam (4-membered cyclic amide) rings is 1. The van der Waals surface area contributed by atoms with Crippen LogP contribution in [-0.2, 0) is 9.59 Å². The van der Waals surface area contributed by atoms with Gasteiger partial charge in [0, 0.05) is 6.42 Å². The SMILES string of the molecule is C[C@@H](O)[C@H]1C(=O)N2CC(=O)C[C@H]12. The van der Waals surface area contributed by atoms with Crippen LogP contribution >= 0.6 is 0 Å². The predicted octanol–water partition coefficient (Wildman–Crippen LogP) is -0.833. The van der Waals surface area contributed by atoms with Crippen molar-refractivity contribution in [2.24, 2.45) is 5.92 Å². The van der Waals surface area contributed by atoms with Crippen molar-refractivity contribution in [3.63, 3.8) is 0 Å². The Bertz CT molecular complexity index is 249. The minimum atomic E-state index is -0.621. The van der Waals surface area contributed by atoms with Gasteiger partial charge in [0.25, 0.3) is 0 Å². The zero-order chi connectivity index (χ0) is 8.88. The van der Waals surface area contributed by atoms with Crippen molar-refractivity contribution >= 4 is 11.7 Å². The molecular formula is C8H11NO3. The second-order valence-electron chi connectivity index (χ2n) is 3.54. The highest BCUT2D eigenvalue weighted by atomic mass is 16.3. The van der Waals surface area contributed by atoms with Crippen molar-refractivity contribution in [3.05, 3.63) is 0 Å². The number of hydrogen-bond donors (Lipinski definition) is 1. The summed E-state index contributed by atoms with van der Waals surface area (Å²) in [5.41, 5.74) is 0. The Morgan fingerprint density at radius 2 is 2.25 bits per heavy atom. The molecule has 0 aromatic carbocycles. The standard InChI is InChI=1S/C8H11NO3/c1-4(10)7-6-2-5(11)3-9(6)8(7)12/h4,6-7,10H,2-3H2,1H3/t4-,6-,7-/m1/s1. The average Bonchev–Trinajstić information content (AvgIpc) is 2.28. The number of ketones is 1. The van der Waals surface area contributed by atoms with Crippen LogP contribution in [0.2, 0.25) is 0 Å². The van der Waals surface area contributed by atoms with Gasteiger partial charge in [-0.2, -0.15) is 0 Å². The van der Waals surface area contributed by atoms with E-state index in [1.54, 1.807) is 11.8 Å². The number of Topliss-reactive ketones (excluding diaryl/α,β-unsaturated/α-hetero) is 1. The first-order valence-corrected chi connectivity index (χ1v) is 4.11. The smallest absolute Gasteiger partial charge is 0.231 e. The van der Waals surface area contributed by atoms with Gasteiger partial charge in [-0.3, -0.25) is 9.59 Å². The van der Waals surface area contributed by atoms with Gasteiger partial charge in [-0.1, -0.05) is 0 Å². The monoisotopic (exact) mass is 169 g/mol. The minimum absolute atomic E-state index is 0.00926. The molecule has 0 aromatic heterocycles. The maximum atomic E-state index is 11.2. The molecule has 0 radical (unpaired) electrons. The highest BCUT2D eigenvalue weighted by Crippen LogP contribution is 2.35. The maximum absolute atomic E-state index is 11.2. The lowest BCUT2D eigenvalue weighted by molar-refractivity contribution is -0.159. The average molecular weight is 169 g/mol. The van der Waals surface area contributed by atoms with Gasteiger partial charge in [-0.25, -0.2) is 0 Å². The molecule has 0 bridgehead atoms. The molecular weight excluding hydrogens is 158 g/mol. The number of nitrogens with zero attached hydrogens (tertiary/aromatic N) is 1. The third kappa shape index (κ3) is 0.813. The molecule has 2 heterocycles.